The predicted molar refractivity (Wildman–Crippen MR) is 72.2 cm³/mol. The Morgan fingerprint density at radius 3 is 2.76 bits per heavy atom. The molecule has 1 atom stereocenters. The van der Waals surface area contributed by atoms with Crippen molar-refractivity contribution in [3.05, 3.63) is 17.0 Å². The topological polar surface area (TPSA) is 37.8 Å². The van der Waals surface area contributed by atoms with Crippen LogP contribution in [0.25, 0.3) is 0 Å². The molecule has 1 aromatic rings. The summed E-state index contributed by atoms with van der Waals surface area (Å²) in [4.78, 5) is 8.56. The number of aromatic nitrogens is 2. The monoisotopic (exact) mass is 251 g/mol. The maximum absolute atomic E-state index is 5.95. The van der Waals surface area contributed by atoms with Crippen LogP contribution < -0.4 is 5.32 Å². The van der Waals surface area contributed by atoms with Gasteiger partial charge < -0.3 is 5.32 Å². The zero-order valence-electron chi connectivity index (χ0n) is 10.3. The Hall–Kier alpha value is -1.27. The molecule has 17 heavy (non-hydrogen) atoms. The molecule has 0 aliphatic carbocycles. The third-order valence-electron chi connectivity index (χ3n) is 2.32. The van der Waals surface area contributed by atoms with Crippen LogP contribution in [0.3, 0.4) is 0 Å². The quantitative estimate of drug-likeness (QED) is 0.623. The van der Waals surface area contributed by atoms with Gasteiger partial charge in [0.1, 0.15) is 16.8 Å². The highest BCUT2D eigenvalue weighted by Crippen LogP contribution is 2.14. The van der Waals surface area contributed by atoms with Crippen LogP contribution in [-0.4, -0.2) is 16.0 Å². The number of hydrogen-bond donors (Lipinski definition) is 1. The Labute approximate surface area is 108 Å². The van der Waals surface area contributed by atoms with Gasteiger partial charge in [-0.1, -0.05) is 37.8 Å². The molecule has 1 heterocycles. The summed E-state index contributed by atoms with van der Waals surface area (Å²) in [7, 11) is 0. The lowest BCUT2D eigenvalue weighted by molar-refractivity contribution is 0.748. The van der Waals surface area contributed by atoms with Gasteiger partial charge in [-0.2, -0.15) is 0 Å². The standard InChI is InChI=1S/C13H18ClN3/c1-4-7-10(6-3)15-13-9-11(14)16-12(17-13)8-5-2/h3,9-10H,4-5,7-8H2,1-2H3,(H,15,16,17). The van der Waals surface area contributed by atoms with Crippen LogP contribution >= 0.6 is 11.6 Å². The highest BCUT2D eigenvalue weighted by atomic mass is 35.5. The predicted octanol–water partition coefficient (Wildman–Crippen LogP) is 3.30. The van der Waals surface area contributed by atoms with E-state index < -0.39 is 0 Å². The molecule has 0 saturated heterocycles. The second-order valence-electron chi connectivity index (χ2n) is 3.89. The molecule has 0 radical (unpaired) electrons. The molecule has 92 valence electrons. The van der Waals surface area contributed by atoms with Gasteiger partial charge >= 0.3 is 0 Å². The van der Waals surface area contributed by atoms with Gasteiger partial charge in [0.2, 0.25) is 0 Å². The molecule has 1 N–H and O–H groups in total. The summed E-state index contributed by atoms with van der Waals surface area (Å²) < 4.78 is 0. The van der Waals surface area contributed by atoms with E-state index in [1.807, 2.05) is 0 Å². The number of hydrogen-bond acceptors (Lipinski definition) is 3. The first-order valence-electron chi connectivity index (χ1n) is 5.95. The summed E-state index contributed by atoms with van der Waals surface area (Å²) in [5.41, 5.74) is 0. The first-order chi connectivity index (χ1) is 8.19. The summed E-state index contributed by atoms with van der Waals surface area (Å²) in [6.07, 6.45) is 9.22. The fourth-order valence-electron chi connectivity index (χ4n) is 1.54. The summed E-state index contributed by atoms with van der Waals surface area (Å²) in [6, 6.07) is 1.71. The van der Waals surface area contributed by atoms with E-state index in [0.29, 0.717) is 11.0 Å². The largest absolute Gasteiger partial charge is 0.356 e. The summed E-state index contributed by atoms with van der Waals surface area (Å²) in [5.74, 6) is 4.18. The van der Waals surface area contributed by atoms with Crippen LogP contribution in [0.1, 0.15) is 38.9 Å². The lowest BCUT2D eigenvalue weighted by Gasteiger charge is -2.13. The Balaban J connectivity index is 2.79. The maximum atomic E-state index is 5.95. The van der Waals surface area contributed by atoms with Gasteiger partial charge in [-0.3, -0.25) is 0 Å². The molecule has 0 aliphatic rings. The zero-order chi connectivity index (χ0) is 12.7. The molecule has 3 nitrogen and oxygen atoms in total. The first-order valence-corrected chi connectivity index (χ1v) is 6.33. The minimum Gasteiger partial charge on any atom is -0.356 e. The van der Waals surface area contributed by atoms with Crippen LogP contribution in [0.4, 0.5) is 5.82 Å². The number of nitrogens with zero attached hydrogens (tertiary/aromatic N) is 2. The molecule has 0 aliphatic heterocycles. The number of aryl methyl sites for hydroxylation is 1. The van der Waals surface area contributed by atoms with Crippen LogP contribution in [0, 0.1) is 12.3 Å². The lowest BCUT2D eigenvalue weighted by atomic mass is 10.2. The van der Waals surface area contributed by atoms with Crippen molar-refractivity contribution in [3.63, 3.8) is 0 Å². The maximum Gasteiger partial charge on any atom is 0.134 e. The third kappa shape index (κ3) is 4.62. The lowest BCUT2D eigenvalue weighted by Crippen LogP contribution is -2.18. The van der Waals surface area contributed by atoms with Crippen molar-refractivity contribution < 1.29 is 0 Å². The molecule has 1 unspecified atom stereocenters. The fourth-order valence-corrected chi connectivity index (χ4v) is 1.74. The van der Waals surface area contributed by atoms with Gasteiger partial charge in [0.25, 0.3) is 0 Å². The first kappa shape index (κ1) is 13.8. The summed E-state index contributed by atoms with van der Waals surface area (Å²) >= 11 is 5.95. The van der Waals surface area contributed by atoms with E-state index in [4.69, 9.17) is 18.0 Å². The average Bonchev–Trinajstić information content (AvgIpc) is 2.28. The van der Waals surface area contributed by atoms with E-state index in [1.54, 1.807) is 6.07 Å². The molecule has 0 amide bonds. The minimum absolute atomic E-state index is 0.000410. The normalized spacial score (nSPS) is 11.9. The van der Waals surface area contributed by atoms with Crippen molar-refractivity contribution in [1.82, 2.24) is 9.97 Å². The van der Waals surface area contributed by atoms with Crippen molar-refractivity contribution in [2.24, 2.45) is 0 Å². The van der Waals surface area contributed by atoms with Crippen LogP contribution in [0.15, 0.2) is 6.07 Å². The van der Waals surface area contributed by atoms with Gasteiger partial charge in [0.05, 0.1) is 6.04 Å². The number of nitrogens with one attached hydrogen (secondary N) is 1. The molecule has 0 fully saturated rings. The number of rotatable bonds is 6. The van der Waals surface area contributed by atoms with Gasteiger partial charge in [-0.15, -0.1) is 6.42 Å². The van der Waals surface area contributed by atoms with E-state index in [0.717, 1.165) is 31.5 Å². The molecule has 0 saturated carbocycles. The van der Waals surface area contributed by atoms with Crippen LogP contribution in [0.2, 0.25) is 5.15 Å². The Bertz CT molecular complexity index is 398. The smallest absolute Gasteiger partial charge is 0.134 e. The van der Waals surface area contributed by atoms with Crippen LogP contribution in [0.5, 0.6) is 0 Å². The van der Waals surface area contributed by atoms with Crippen molar-refractivity contribution in [2.45, 2.75) is 45.6 Å². The highest BCUT2D eigenvalue weighted by Gasteiger charge is 2.07. The SMILES string of the molecule is C#CC(CCC)Nc1cc(Cl)nc(CCC)n1. The molecule has 1 rings (SSSR count). The highest BCUT2D eigenvalue weighted by molar-refractivity contribution is 6.29. The van der Waals surface area contributed by atoms with Crippen molar-refractivity contribution in [1.29, 1.82) is 0 Å². The van der Waals surface area contributed by atoms with Crippen molar-refractivity contribution in [3.8, 4) is 12.3 Å². The Morgan fingerprint density at radius 2 is 2.18 bits per heavy atom. The van der Waals surface area contributed by atoms with E-state index in [9.17, 15) is 0 Å². The Kier molecular flexibility index (Phi) is 5.79. The molecule has 1 aromatic heterocycles. The second-order valence-corrected chi connectivity index (χ2v) is 4.28. The number of halogens is 1. The summed E-state index contributed by atoms with van der Waals surface area (Å²) in [5, 5.41) is 3.65. The zero-order valence-corrected chi connectivity index (χ0v) is 11.1. The average molecular weight is 252 g/mol. The van der Waals surface area contributed by atoms with E-state index >= 15 is 0 Å². The molecule has 0 spiro atoms. The van der Waals surface area contributed by atoms with Crippen molar-refractivity contribution >= 4 is 17.4 Å². The van der Waals surface area contributed by atoms with Crippen LogP contribution in [-0.2, 0) is 6.42 Å². The second kappa shape index (κ2) is 7.13. The third-order valence-corrected chi connectivity index (χ3v) is 2.51. The number of anilines is 1. The van der Waals surface area contributed by atoms with Gasteiger partial charge in [-0.05, 0) is 12.8 Å². The molecular formula is C13H18ClN3. The van der Waals surface area contributed by atoms with Crippen molar-refractivity contribution in [2.75, 3.05) is 5.32 Å². The van der Waals surface area contributed by atoms with Gasteiger partial charge in [-0.25, -0.2) is 9.97 Å². The van der Waals surface area contributed by atoms with E-state index in [1.165, 1.54) is 0 Å². The minimum atomic E-state index is 0.000410. The molecule has 0 bridgehead atoms. The number of terminal acetylenes is 1. The fraction of sp³-hybridized carbons (Fsp3) is 0.538. The van der Waals surface area contributed by atoms with E-state index in [2.05, 4.69) is 35.1 Å². The van der Waals surface area contributed by atoms with Gasteiger partial charge in [0, 0.05) is 12.5 Å². The molecular weight excluding hydrogens is 234 g/mol. The Morgan fingerprint density at radius 1 is 1.41 bits per heavy atom. The van der Waals surface area contributed by atoms with Gasteiger partial charge in [0.15, 0.2) is 0 Å². The molecule has 0 aromatic carbocycles. The summed E-state index contributed by atoms with van der Waals surface area (Å²) in [6.45, 7) is 4.18. The van der Waals surface area contributed by atoms with E-state index in [-0.39, 0.29) is 6.04 Å². The molecule has 4 heteroatoms.